The zero-order valence-corrected chi connectivity index (χ0v) is 13.3. The summed E-state index contributed by atoms with van der Waals surface area (Å²) in [6.45, 7) is 1.98. The Morgan fingerprint density at radius 2 is 2.12 bits per heavy atom. The van der Waals surface area contributed by atoms with Crippen molar-refractivity contribution in [3.63, 3.8) is 0 Å². The van der Waals surface area contributed by atoms with E-state index in [1.54, 1.807) is 6.07 Å². The quantitative estimate of drug-likeness (QED) is 0.838. The highest BCUT2D eigenvalue weighted by Gasteiger charge is 2.37. The number of alkyl halides is 3. The highest BCUT2D eigenvalue weighted by molar-refractivity contribution is 5.96. The minimum absolute atomic E-state index is 0.0305. The molecule has 1 aromatic carbocycles. The van der Waals surface area contributed by atoms with Crippen molar-refractivity contribution in [3.05, 3.63) is 58.2 Å². The van der Waals surface area contributed by atoms with Crippen molar-refractivity contribution in [2.24, 2.45) is 0 Å². The first-order chi connectivity index (χ1) is 11.8. The molecule has 0 spiro atoms. The Bertz CT molecular complexity index is 886. The van der Waals surface area contributed by atoms with E-state index in [0.717, 1.165) is 6.07 Å². The summed E-state index contributed by atoms with van der Waals surface area (Å²) >= 11 is 0. The number of halogens is 3. The molecule has 0 saturated carbocycles. The molecule has 0 atom stereocenters. The molecule has 0 aliphatic carbocycles. The number of carbonyl (C=O) groups is 1. The van der Waals surface area contributed by atoms with Crippen LogP contribution in [0.1, 0.15) is 45.5 Å². The molecule has 0 bridgehead atoms. The number of aryl methyl sites for hydroxylation is 1. The number of fused-ring (bicyclic) bond motifs is 1. The van der Waals surface area contributed by atoms with E-state index >= 15 is 0 Å². The predicted molar refractivity (Wildman–Crippen MR) is 81.1 cm³/mol. The van der Waals surface area contributed by atoms with Crippen LogP contribution in [-0.2, 0) is 25.7 Å². The van der Waals surface area contributed by atoms with E-state index in [1.165, 1.54) is 23.2 Å². The molecule has 0 unspecified atom stereocenters. The van der Waals surface area contributed by atoms with E-state index in [1.807, 2.05) is 6.92 Å². The second-order valence-electron chi connectivity index (χ2n) is 5.67. The van der Waals surface area contributed by atoms with Gasteiger partial charge in [0.05, 0.1) is 23.4 Å². The summed E-state index contributed by atoms with van der Waals surface area (Å²) in [5.41, 5.74) is 0.454. The molecule has 0 fully saturated rings. The van der Waals surface area contributed by atoms with E-state index in [0.29, 0.717) is 23.2 Å². The molecule has 0 N–H and O–H groups in total. The van der Waals surface area contributed by atoms with Crippen LogP contribution in [0, 0.1) is 11.3 Å². The lowest BCUT2D eigenvalue weighted by molar-refractivity contribution is -0.138. The van der Waals surface area contributed by atoms with Gasteiger partial charge in [0, 0.05) is 18.3 Å². The van der Waals surface area contributed by atoms with Gasteiger partial charge < -0.3 is 4.90 Å². The number of carbonyl (C=O) groups excluding carboxylic acids is 1. The zero-order valence-electron chi connectivity index (χ0n) is 13.3. The van der Waals surface area contributed by atoms with Gasteiger partial charge in [-0.05, 0) is 24.1 Å². The maximum absolute atomic E-state index is 13.3. The lowest BCUT2D eigenvalue weighted by Gasteiger charge is -2.19. The van der Waals surface area contributed by atoms with Gasteiger partial charge >= 0.3 is 6.18 Å². The Hall–Kier alpha value is -2.95. The van der Waals surface area contributed by atoms with Crippen LogP contribution in [0.25, 0.3) is 0 Å². The third kappa shape index (κ3) is 3.18. The van der Waals surface area contributed by atoms with E-state index in [2.05, 4.69) is 9.97 Å². The second kappa shape index (κ2) is 6.16. The van der Waals surface area contributed by atoms with Crippen molar-refractivity contribution in [2.45, 2.75) is 32.6 Å². The highest BCUT2D eigenvalue weighted by atomic mass is 19.4. The second-order valence-corrected chi connectivity index (χ2v) is 5.67. The highest BCUT2D eigenvalue weighted by Crippen LogP contribution is 2.34. The molecule has 3 rings (SSSR count). The summed E-state index contributed by atoms with van der Waals surface area (Å²) in [6, 6.07) is 5.42. The first-order valence-electron chi connectivity index (χ1n) is 7.57. The molecule has 128 valence electrons. The lowest BCUT2D eigenvalue weighted by Crippen LogP contribution is -2.28. The van der Waals surface area contributed by atoms with Crippen molar-refractivity contribution >= 4 is 5.91 Å². The molecule has 2 aromatic rings. The van der Waals surface area contributed by atoms with Crippen molar-refractivity contribution in [1.82, 2.24) is 14.9 Å². The van der Waals surface area contributed by atoms with Crippen LogP contribution >= 0.6 is 0 Å². The minimum Gasteiger partial charge on any atom is -0.328 e. The van der Waals surface area contributed by atoms with Crippen molar-refractivity contribution in [2.75, 3.05) is 0 Å². The Balaban J connectivity index is 1.96. The van der Waals surface area contributed by atoms with Gasteiger partial charge in [-0.15, -0.1) is 0 Å². The third-order valence-corrected chi connectivity index (χ3v) is 4.07. The van der Waals surface area contributed by atoms with E-state index in [9.17, 15) is 18.0 Å². The van der Waals surface area contributed by atoms with Crippen LogP contribution in [0.5, 0.6) is 0 Å². The number of nitrogens with zero attached hydrogens (tertiary/aromatic N) is 4. The van der Waals surface area contributed by atoms with Gasteiger partial charge in [0.1, 0.15) is 6.07 Å². The van der Waals surface area contributed by atoms with Crippen molar-refractivity contribution in [3.8, 4) is 6.07 Å². The smallest absolute Gasteiger partial charge is 0.328 e. The lowest BCUT2D eigenvalue weighted by atomic mass is 10.0. The summed E-state index contributed by atoms with van der Waals surface area (Å²) in [4.78, 5) is 21.8. The zero-order chi connectivity index (χ0) is 18.2. The average Bonchev–Trinajstić information content (AvgIpc) is 3.02. The van der Waals surface area contributed by atoms with Crippen LogP contribution in [0.3, 0.4) is 0 Å². The third-order valence-electron chi connectivity index (χ3n) is 4.07. The summed E-state index contributed by atoms with van der Waals surface area (Å²) in [5, 5.41) is 8.83. The van der Waals surface area contributed by atoms with Gasteiger partial charge in [-0.3, -0.25) is 4.79 Å². The molecule has 2 heterocycles. The van der Waals surface area contributed by atoms with Gasteiger partial charge in [-0.2, -0.15) is 18.4 Å². The van der Waals surface area contributed by atoms with Gasteiger partial charge in [-0.25, -0.2) is 9.97 Å². The summed E-state index contributed by atoms with van der Waals surface area (Å²) in [7, 11) is 0. The molecule has 1 aliphatic rings. The normalized spacial score (nSPS) is 13.5. The molecule has 25 heavy (non-hydrogen) atoms. The van der Waals surface area contributed by atoms with Gasteiger partial charge in [0.2, 0.25) is 5.82 Å². The summed E-state index contributed by atoms with van der Waals surface area (Å²) < 4.78 is 39.8. The Kier molecular flexibility index (Phi) is 4.17. The number of benzene rings is 1. The Morgan fingerprint density at radius 1 is 1.36 bits per heavy atom. The maximum atomic E-state index is 13.3. The predicted octanol–water partition coefficient (Wildman–Crippen LogP) is 3.09. The Morgan fingerprint density at radius 3 is 2.76 bits per heavy atom. The molecule has 8 heteroatoms. The Labute approximate surface area is 141 Å². The maximum Gasteiger partial charge on any atom is 0.417 e. The van der Waals surface area contributed by atoms with Crippen LogP contribution in [0.15, 0.2) is 24.4 Å². The first-order valence-corrected chi connectivity index (χ1v) is 7.57. The number of rotatable bonds is 2. The van der Waals surface area contributed by atoms with Crippen molar-refractivity contribution < 1.29 is 18.0 Å². The molecular formula is C17H13F3N4O. The van der Waals surface area contributed by atoms with E-state index in [-0.39, 0.29) is 24.5 Å². The summed E-state index contributed by atoms with van der Waals surface area (Å²) in [6.07, 6.45) is -2.66. The van der Waals surface area contributed by atoms with Crippen LogP contribution in [-0.4, -0.2) is 20.8 Å². The molecule has 1 aromatic heterocycles. The fourth-order valence-electron chi connectivity index (χ4n) is 2.76. The molecule has 0 saturated heterocycles. The number of hydrogen-bond acceptors (Lipinski definition) is 4. The molecule has 1 amide bonds. The van der Waals surface area contributed by atoms with Gasteiger partial charge in [0.25, 0.3) is 5.91 Å². The van der Waals surface area contributed by atoms with Crippen molar-refractivity contribution in [1.29, 1.82) is 5.26 Å². The monoisotopic (exact) mass is 346 g/mol. The number of nitriles is 1. The fourth-order valence-corrected chi connectivity index (χ4v) is 2.76. The fraction of sp³-hybridized carbons (Fsp3) is 0.294. The average molecular weight is 346 g/mol. The van der Waals surface area contributed by atoms with Crippen LogP contribution in [0.4, 0.5) is 13.2 Å². The number of aromatic nitrogens is 2. The first kappa shape index (κ1) is 16.9. The minimum atomic E-state index is -4.61. The van der Waals surface area contributed by atoms with Gasteiger partial charge in [0.15, 0.2) is 0 Å². The largest absolute Gasteiger partial charge is 0.417 e. The van der Waals surface area contributed by atoms with Crippen LogP contribution < -0.4 is 0 Å². The van der Waals surface area contributed by atoms with E-state index in [4.69, 9.17) is 5.26 Å². The molecule has 1 aliphatic heterocycles. The number of hydrogen-bond donors (Lipinski definition) is 0. The number of amides is 1. The summed E-state index contributed by atoms with van der Waals surface area (Å²) in [5.74, 6) is -0.740. The van der Waals surface area contributed by atoms with Crippen LogP contribution in [0.2, 0.25) is 0 Å². The molecule has 0 radical (unpaired) electrons. The molecular weight excluding hydrogens is 333 g/mol. The van der Waals surface area contributed by atoms with E-state index < -0.39 is 17.6 Å². The van der Waals surface area contributed by atoms with Gasteiger partial charge in [-0.1, -0.05) is 13.0 Å². The standard InChI is InChI=1S/C17H13F3N4O/c1-2-10-3-4-13(17(18,19)20)12(5-10)16(25)24-8-11-7-22-15(6-21)23-14(11)9-24/h3-5,7H,2,8-9H2,1H3. The molecule has 5 nitrogen and oxygen atoms in total. The SMILES string of the molecule is CCc1ccc(C(F)(F)F)c(C(=O)N2Cc3cnc(C#N)nc3C2)c1. The topological polar surface area (TPSA) is 69.9 Å².